The molecule has 0 bridgehead atoms. The Morgan fingerprint density at radius 2 is 1.10 bits per heavy atom. The molecule has 0 atom stereocenters. The van der Waals surface area contributed by atoms with E-state index < -0.39 is 12.1 Å². The maximum absolute atomic E-state index is 11.0. The molecule has 0 saturated heterocycles. The van der Waals surface area contributed by atoms with Crippen LogP contribution < -0.4 is 5.73 Å². The highest BCUT2D eigenvalue weighted by molar-refractivity contribution is 5.83. The second-order valence-corrected chi connectivity index (χ2v) is 5.79. The van der Waals surface area contributed by atoms with E-state index in [1.165, 1.54) is 64.2 Å². The Morgan fingerprint density at radius 1 is 0.714 bits per heavy atom. The third-order valence-electron chi connectivity index (χ3n) is 3.70. The summed E-state index contributed by atoms with van der Waals surface area (Å²) in [6.07, 6.45) is 15.7. The number of rotatable bonds is 14. The normalized spacial score (nSPS) is 10.5. The van der Waals surface area contributed by atoms with Gasteiger partial charge in [0.1, 0.15) is 0 Å². The van der Waals surface area contributed by atoms with E-state index in [-0.39, 0.29) is 0 Å². The van der Waals surface area contributed by atoms with E-state index in [9.17, 15) is 9.59 Å². The summed E-state index contributed by atoms with van der Waals surface area (Å²) in [6.45, 7) is 2.25. The maximum Gasteiger partial charge on any atom is 0.412 e. The molecule has 0 heterocycles. The zero-order valence-electron chi connectivity index (χ0n) is 13.7. The van der Waals surface area contributed by atoms with Crippen LogP contribution in [0.2, 0.25) is 0 Å². The van der Waals surface area contributed by atoms with Gasteiger partial charge in [-0.05, 0) is 6.42 Å². The number of carbonyl (C=O) groups is 2. The van der Waals surface area contributed by atoms with E-state index >= 15 is 0 Å². The van der Waals surface area contributed by atoms with Gasteiger partial charge in [-0.25, -0.2) is 4.79 Å². The quantitative estimate of drug-likeness (QED) is 0.276. The van der Waals surface area contributed by atoms with Gasteiger partial charge < -0.3 is 10.5 Å². The number of unbranched alkanes of at least 4 members (excludes halogenated alkanes) is 12. The molecule has 21 heavy (non-hydrogen) atoms. The van der Waals surface area contributed by atoms with Crippen LogP contribution in [-0.2, 0) is 9.53 Å². The van der Waals surface area contributed by atoms with Crippen LogP contribution in [0.4, 0.5) is 4.79 Å². The average Bonchev–Trinajstić information content (AvgIpc) is 2.43. The number of primary amides is 1. The van der Waals surface area contributed by atoms with Crippen molar-refractivity contribution in [2.45, 2.75) is 96.8 Å². The van der Waals surface area contributed by atoms with Gasteiger partial charge in [0.25, 0.3) is 0 Å². The standard InChI is InChI=1S/C17H33NO3/c1-2-3-4-5-6-7-8-9-10-11-12-13-14-15-16(19)21-17(18)20/h2-15H2,1H3,(H2,18,20). The van der Waals surface area contributed by atoms with E-state index in [1.807, 2.05) is 0 Å². The molecule has 1 amide bonds. The third kappa shape index (κ3) is 16.9. The van der Waals surface area contributed by atoms with Gasteiger partial charge in [-0.1, -0.05) is 84.0 Å². The van der Waals surface area contributed by atoms with Gasteiger partial charge in [-0.3, -0.25) is 4.79 Å². The van der Waals surface area contributed by atoms with Crippen molar-refractivity contribution in [2.24, 2.45) is 5.73 Å². The molecule has 4 nitrogen and oxygen atoms in total. The molecule has 0 aromatic rings. The number of hydrogen-bond acceptors (Lipinski definition) is 3. The summed E-state index contributed by atoms with van der Waals surface area (Å²) in [6, 6.07) is 0. The van der Waals surface area contributed by atoms with Crippen LogP contribution in [0.25, 0.3) is 0 Å². The molecule has 0 radical (unpaired) electrons. The predicted molar refractivity (Wildman–Crippen MR) is 86.0 cm³/mol. The van der Waals surface area contributed by atoms with Gasteiger partial charge in [0.05, 0.1) is 0 Å². The molecule has 4 heteroatoms. The lowest BCUT2D eigenvalue weighted by molar-refractivity contribution is -0.137. The Balaban J connectivity index is 3.09. The van der Waals surface area contributed by atoms with Crippen LogP contribution in [0, 0.1) is 0 Å². The molecule has 0 aromatic heterocycles. The zero-order chi connectivity index (χ0) is 15.8. The van der Waals surface area contributed by atoms with E-state index in [0.29, 0.717) is 6.42 Å². The number of esters is 1. The molecular formula is C17H33NO3. The van der Waals surface area contributed by atoms with Crippen molar-refractivity contribution in [1.82, 2.24) is 0 Å². The monoisotopic (exact) mass is 299 g/mol. The van der Waals surface area contributed by atoms with Crippen LogP contribution in [0.1, 0.15) is 96.8 Å². The van der Waals surface area contributed by atoms with Crippen molar-refractivity contribution in [3.63, 3.8) is 0 Å². The SMILES string of the molecule is CCCCCCCCCCCCCCCC(=O)OC(N)=O. The van der Waals surface area contributed by atoms with Gasteiger partial charge in [0, 0.05) is 6.42 Å². The van der Waals surface area contributed by atoms with Crippen molar-refractivity contribution in [1.29, 1.82) is 0 Å². The lowest BCUT2D eigenvalue weighted by Crippen LogP contribution is -2.18. The number of carbonyl (C=O) groups excluding carboxylic acids is 2. The number of ether oxygens (including phenoxy) is 1. The molecule has 0 saturated carbocycles. The molecule has 0 rings (SSSR count). The summed E-state index contributed by atoms with van der Waals surface area (Å²) in [4.78, 5) is 21.4. The molecule has 0 aliphatic rings. The first-order valence-corrected chi connectivity index (χ1v) is 8.67. The fourth-order valence-electron chi connectivity index (χ4n) is 2.45. The molecule has 0 aliphatic heterocycles. The lowest BCUT2D eigenvalue weighted by Gasteiger charge is -2.03. The van der Waals surface area contributed by atoms with E-state index in [1.54, 1.807) is 0 Å². The average molecular weight is 299 g/mol. The number of nitrogens with two attached hydrogens (primary N) is 1. The number of amides is 1. The molecule has 124 valence electrons. The van der Waals surface area contributed by atoms with Gasteiger partial charge >= 0.3 is 12.1 Å². The minimum Gasteiger partial charge on any atom is -0.376 e. The Hall–Kier alpha value is -1.06. The van der Waals surface area contributed by atoms with Crippen LogP contribution in [0.15, 0.2) is 0 Å². The Morgan fingerprint density at radius 3 is 1.48 bits per heavy atom. The topological polar surface area (TPSA) is 69.4 Å². The number of hydrogen-bond donors (Lipinski definition) is 1. The smallest absolute Gasteiger partial charge is 0.376 e. The minimum absolute atomic E-state index is 0.292. The summed E-state index contributed by atoms with van der Waals surface area (Å²) < 4.78 is 4.26. The summed E-state index contributed by atoms with van der Waals surface area (Å²) in [7, 11) is 0. The van der Waals surface area contributed by atoms with E-state index in [2.05, 4.69) is 11.7 Å². The first-order valence-electron chi connectivity index (χ1n) is 8.67. The molecular weight excluding hydrogens is 266 g/mol. The molecule has 0 aromatic carbocycles. The van der Waals surface area contributed by atoms with Gasteiger partial charge in [0.15, 0.2) is 0 Å². The second kappa shape index (κ2) is 15.3. The molecule has 0 spiro atoms. The Kier molecular flexibility index (Phi) is 14.6. The largest absolute Gasteiger partial charge is 0.412 e. The summed E-state index contributed by atoms with van der Waals surface area (Å²) >= 11 is 0. The highest BCUT2D eigenvalue weighted by Crippen LogP contribution is 2.13. The van der Waals surface area contributed by atoms with Gasteiger partial charge in [-0.15, -0.1) is 0 Å². The first kappa shape index (κ1) is 19.9. The van der Waals surface area contributed by atoms with Crippen molar-refractivity contribution >= 4 is 12.1 Å². The maximum atomic E-state index is 11.0. The molecule has 2 N–H and O–H groups in total. The van der Waals surface area contributed by atoms with Gasteiger partial charge in [0.2, 0.25) is 0 Å². The fraction of sp³-hybridized carbons (Fsp3) is 0.882. The molecule has 0 unspecified atom stereocenters. The minimum atomic E-state index is -1.00. The first-order chi connectivity index (χ1) is 10.2. The van der Waals surface area contributed by atoms with Crippen LogP contribution >= 0.6 is 0 Å². The second-order valence-electron chi connectivity index (χ2n) is 5.79. The van der Waals surface area contributed by atoms with Crippen molar-refractivity contribution < 1.29 is 14.3 Å². The summed E-state index contributed by atoms with van der Waals surface area (Å²) in [5.41, 5.74) is 4.76. The highest BCUT2D eigenvalue weighted by atomic mass is 16.6. The van der Waals surface area contributed by atoms with Crippen molar-refractivity contribution in [2.75, 3.05) is 0 Å². The summed E-state index contributed by atoms with van der Waals surface area (Å²) in [5.74, 6) is -0.509. The van der Waals surface area contributed by atoms with E-state index in [0.717, 1.165) is 19.3 Å². The van der Waals surface area contributed by atoms with E-state index in [4.69, 9.17) is 5.73 Å². The third-order valence-corrected chi connectivity index (χ3v) is 3.70. The lowest BCUT2D eigenvalue weighted by atomic mass is 10.0. The van der Waals surface area contributed by atoms with Crippen molar-refractivity contribution in [3.8, 4) is 0 Å². The Bertz CT molecular complexity index is 267. The van der Waals surface area contributed by atoms with Crippen LogP contribution in [-0.4, -0.2) is 12.1 Å². The van der Waals surface area contributed by atoms with Crippen LogP contribution in [0.3, 0.4) is 0 Å². The van der Waals surface area contributed by atoms with Crippen molar-refractivity contribution in [3.05, 3.63) is 0 Å². The van der Waals surface area contributed by atoms with Crippen LogP contribution in [0.5, 0.6) is 0 Å². The summed E-state index contributed by atoms with van der Waals surface area (Å²) in [5, 5.41) is 0. The molecule has 0 aliphatic carbocycles. The Labute approximate surface area is 129 Å². The highest BCUT2D eigenvalue weighted by Gasteiger charge is 2.05. The predicted octanol–water partition coefficient (Wildman–Crippen LogP) is 5.09. The molecule has 0 fully saturated rings. The zero-order valence-corrected chi connectivity index (χ0v) is 13.7. The van der Waals surface area contributed by atoms with Gasteiger partial charge in [-0.2, -0.15) is 0 Å². The fourth-order valence-corrected chi connectivity index (χ4v) is 2.45.